The van der Waals surface area contributed by atoms with Gasteiger partial charge in [0.25, 0.3) is 0 Å². The first-order chi connectivity index (χ1) is 8.15. The van der Waals surface area contributed by atoms with Gasteiger partial charge in [0.05, 0.1) is 12.7 Å². The van der Waals surface area contributed by atoms with Crippen LogP contribution in [0.1, 0.15) is 28.3 Å². The van der Waals surface area contributed by atoms with Crippen molar-refractivity contribution >= 4 is 0 Å². The van der Waals surface area contributed by atoms with Crippen LogP contribution in [-0.4, -0.2) is 4.98 Å². The Kier molecular flexibility index (Phi) is 3.59. The van der Waals surface area contributed by atoms with Gasteiger partial charge < -0.3 is 9.73 Å². The zero-order valence-corrected chi connectivity index (χ0v) is 10.6. The first kappa shape index (κ1) is 11.9. The van der Waals surface area contributed by atoms with Gasteiger partial charge in [-0.25, -0.2) is 4.98 Å². The molecule has 2 rings (SSSR count). The SMILES string of the molecule is Cc1cnc(CNCc2ccc(C)c(C)c2)o1. The minimum absolute atomic E-state index is 0.667. The number of nitrogens with zero attached hydrogens (tertiary/aromatic N) is 1. The molecule has 0 amide bonds. The third-order valence-electron chi connectivity index (χ3n) is 2.85. The molecule has 0 aliphatic carbocycles. The van der Waals surface area contributed by atoms with Gasteiger partial charge in [0.1, 0.15) is 5.76 Å². The summed E-state index contributed by atoms with van der Waals surface area (Å²) in [7, 11) is 0. The fourth-order valence-electron chi connectivity index (χ4n) is 1.71. The number of benzene rings is 1. The maximum atomic E-state index is 5.39. The van der Waals surface area contributed by atoms with Crippen molar-refractivity contribution in [1.82, 2.24) is 10.3 Å². The quantitative estimate of drug-likeness (QED) is 0.877. The van der Waals surface area contributed by atoms with Crippen molar-refractivity contribution in [2.24, 2.45) is 0 Å². The fourth-order valence-corrected chi connectivity index (χ4v) is 1.71. The Morgan fingerprint density at radius 3 is 2.59 bits per heavy atom. The first-order valence-electron chi connectivity index (χ1n) is 5.83. The number of nitrogens with one attached hydrogen (secondary N) is 1. The highest BCUT2D eigenvalue weighted by molar-refractivity contribution is 5.29. The van der Waals surface area contributed by atoms with Gasteiger partial charge in [-0.2, -0.15) is 0 Å². The predicted molar refractivity (Wildman–Crippen MR) is 67.7 cm³/mol. The summed E-state index contributed by atoms with van der Waals surface area (Å²) >= 11 is 0. The molecule has 1 aromatic carbocycles. The van der Waals surface area contributed by atoms with Gasteiger partial charge >= 0.3 is 0 Å². The van der Waals surface area contributed by atoms with E-state index in [0.717, 1.165) is 18.2 Å². The lowest BCUT2D eigenvalue weighted by atomic mass is 10.1. The molecular weight excluding hydrogens is 212 g/mol. The Morgan fingerprint density at radius 1 is 1.12 bits per heavy atom. The second kappa shape index (κ2) is 5.15. The van der Waals surface area contributed by atoms with Gasteiger partial charge in [0.15, 0.2) is 0 Å². The molecule has 17 heavy (non-hydrogen) atoms. The summed E-state index contributed by atoms with van der Waals surface area (Å²) in [6, 6.07) is 6.51. The average molecular weight is 230 g/mol. The van der Waals surface area contributed by atoms with Crippen LogP contribution in [0.3, 0.4) is 0 Å². The molecule has 0 aliphatic heterocycles. The Labute approximate surface area is 102 Å². The highest BCUT2D eigenvalue weighted by Crippen LogP contribution is 2.09. The van der Waals surface area contributed by atoms with Crippen LogP contribution in [0.4, 0.5) is 0 Å². The number of rotatable bonds is 4. The van der Waals surface area contributed by atoms with Crippen LogP contribution in [0, 0.1) is 20.8 Å². The first-order valence-corrected chi connectivity index (χ1v) is 5.83. The standard InChI is InChI=1S/C14H18N2O/c1-10-4-5-13(6-11(10)2)8-15-9-14-16-7-12(3)17-14/h4-7,15H,8-9H2,1-3H3. The summed E-state index contributed by atoms with van der Waals surface area (Å²) in [5.74, 6) is 1.60. The van der Waals surface area contributed by atoms with Crippen molar-refractivity contribution in [2.45, 2.75) is 33.9 Å². The Balaban J connectivity index is 1.87. The van der Waals surface area contributed by atoms with Crippen molar-refractivity contribution in [3.63, 3.8) is 0 Å². The highest BCUT2D eigenvalue weighted by Gasteiger charge is 2.00. The van der Waals surface area contributed by atoms with E-state index in [1.165, 1.54) is 16.7 Å². The van der Waals surface area contributed by atoms with Crippen LogP contribution in [0.5, 0.6) is 0 Å². The van der Waals surface area contributed by atoms with E-state index in [1.54, 1.807) is 6.20 Å². The summed E-state index contributed by atoms with van der Waals surface area (Å²) in [6.45, 7) is 7.67. The molecule has 0 saturated carbocycles. The van der Waals surface area contributed by atoms with Crippen molar-refractivity contribution in [3.8, 4) is 0 Å². The Bertz CT molecular complexity index is 503. The Morgan fingerprint density at radius 2 is 1.94 bits per heavy atom. The lowest BCUT2D eigenvalue weighted by molar-refractivity contribution is 0.449. The summed E-state index contributed by atoms with van der Waals surface area (Å²) in [5.41, 5.74) is 3.95. The van der Waals surface area contributed by atoms with E-state index in [1.807, 2.05) is 6.92 Å². The van der Waals surface area contributed by atoms with Crippen LogP contribution in [0.15, 0.2) is 28.8 Å². The van der Waals surface area contributed by atoms with Crippen molar-refractivity contribution < 1.29 is 4.42 Å². The molecule has 3 nitrogen and oxygen atoms in total. The van der Waals surface area contributed by atoms with E-state index in [0.29, 0.717) is 6.54 Å². The fraction of sp³-hybridized carbons (Fsp3) is 0.357. The normalized spacial score (nSPS) is 10.8. The second-order valence-electron chi connectivity index (χ2n) is 4.39. The lowest BCUT2D eigenvalue weighted by Gasteiger charge is -2.05. The van der Waals surface area contributed by atoms with Crippen LogP contribution in [0.2, 0.25) is 0 Å². The topological polar surface area (TPSA) is 38.1 Å². The molecular formula is C14H18N2O. The number of oxazole rings is 1. The van der Waals surface area contributed by atoms with E-state index in [2.05, 4.69) is 42.3 Å². The second-order valence-corrected chi connectivity index (χ2v) is 4.39. The molecule has 1 aromatic heterocycles. The molecule has 0 radical (unpaired) electrons. The molecule has 90 valence electrons. The molecule has 1 N–H and O–H groups in total. The van der Waals surface area contributed by atoms with Gasteiger partial charge in [0.2, 0.25) is 5.89 Å². The monoisotopic (exact) mass is 230 g/mol. The van der Waals surface area contributed by atoms with Gasteiger partial charge in [-0.15, -0.1) is 0 Å². The minimum atomic E-state index is 0.667. The molecule has 1 heterocycles. The van der Waals surface area contributed by atoms with E-state index < -0.39 is 0 Å². The summed E-state index contributed by atoms with van der Waals surface area (Å²) in [6.07, 6.45) is 1.74. The summed E-state index contributed by atoms with van der Waals surface area (Å²) in [5, 5.41) is 3.32. The number of aromatic nitrogens is 1. The van der Waals surface area contributed by atoms with Crippen LogP contribution < -0.4 is 5.32 Å². The number of hydrogen-bond donors (Lipinski definition) is 1. The van der Waals surface area contributed by atoms with Crippen LogP contribution >= 0.6 is 0 Å². The number of hydrogen-bond acceptors (Lipinski definition) is 3. The molecule has 0 bridgehead atoms. The van der Waals surface area contributed by atoms with E-state index in [-0.39, 0.29) is 0 Å². The smallest absolute Gasteiger partial charge is 0.208 e. The molecule has 3 heteroatoms. The molecule has 0 atom stereocenters. The lowest BCUT2D eigenvalue weighted by Crippen LogP contribution is -2.13. The zero-order chi connectivity index (χ0) is 12.3. The van der Waals surface area contributed by atoms with Gasteiger partial charge in [0, 0.05) is 6.54 Å². The minimum Gasteiger partial charge on any atom is -0.445 e. The summed E-state index contributed by atoms with van der Waals surface area (Å²) in [4.78, 5) is 4.15. The zero-order valence-electron chi connectivity index (χ0n) is 10.6. The van der Waals surface area contributed by atoms with Crippen LogP contribution in [0.25, 0.3) is 0 Å². The largest absolute Gasteiger partial charge is 0.445 e. The molecule has 0 fully saturated rings. The van der Waals surface area contributed by atoms with Crippen molar-refractivity contribution in [3.05, 3.63) is 52.7 Å². The van der Waals surface area contributed by atoms with E-state index >= 15 is 0 Å². The van der Waals surface area contributed by atoms with Gasteiger partial charge in [-0.05, 0) is 37.5 Å². The number of aryl methyl sites for hydroxylation is 3. The Hall–Kier alpha value is -1.61. The van der Waals surface area contributed by atoms with Crippen LogP contribution in [-0.2, 0) is 13.1 Å². The third-order valence-corrected chi connectivity index (χ3v) is 2.85. The average Bonchev–Trinajstić information content (AvgIpc) is 2.70. The molecule has 0 aliphatic rings. The molecule has 0 unspecified atom stereocenters. The third kappa shape index (κ3) is 3.17. The maximum absolute atomic E-state index is 5.39. The van der Waals surface area contributed by atoms with E-state index in [4.69, 9.17) is 4.42 Å². The molecule has 0 spiro atoms. The highest BCUT2D eigenvalue weighted by atomic mass is 16.4. The molecule has 2 aromatic rings. The van der Waals surface area contributed by atoms with Gasteiger partial charge in [-0.1, -0.05) is 18.2 Å². The van der Waals surface area contributed by atoms with E-state index in [9.17, 15) is 0 Å². The van der Waals surface area contributed by atoms with Crippen molar-refractivity contribution in [2.75, 3.05) is 0 Å². The van der Waals surface area contributed by atoms with Gasteiger partial charge in [-0.3, -0.25) is 0 Å². The summed E-state index contributed by atoms with van der Waals surface area (Å²) < 4.78 is 5.39. The predicted octanol–water partition coefficient (Wildman–Crippen LogP) is 2.89. The molecule has 0 saturated heterocycles. The van der Waals surface area contributed by atoms with Crippen molar-refractivity contribution in [1.29, 1.82) is 0 Å². The maximum Gasteiger partial charge on any atom is 0.208 e.